The van der Waals surface area contributed by atoms with Gasteiger partial charge in [0.2, 0.25) is 5.91 Å². The molecule has 0 aliphatic carbocycles. The van der Waals surface area contributed by atoms with Gasteiger partial charge in [0.15, 0.2) is 0 Å². The van der Waals surface area contributed by atoms with E-state index in [0.717, 1.165) is 17.0 Å². The van der Waals surface area contributed by atoms with E-state index < -0.39 is 0 Å². The number of carbonyl (C=O) groups is 1. The second kappa shape index (κ2) is 8.65. The lowest BCUT2D eigenvalue weighted by molar-refractivity contribution is -0.121. The van der Waals surface area contributed by atoms with Crippen LogP contribution in [0.5, 0.6) is 5.75 Å². The Kier molecular flexibility index (Phi) is 6.56. The number of amides is 1. The van der Waals surface area contributed by atoms with Crippen LogP contribution >= 0.6 is 23.2 Å². The van der Waals surface area contributed by atoms with E-state index in [1.54, 1.807) is 25.3 Å². The van der Waals surface area contributed by atoms with Crippen molar-refractivity contribution in [1.82, 2.24) is 5.32 Å². The highest BCUT2D eigenvalue weighted by atomic mass is 35.5. The largest absolute Gasteiger partial charge is 0.497 e. The van der Waals surface area contributed by atoms with E-state index in [0.29, 0.717) is 29.6 Å². The van der Waals surface area contributed by atoms with Gasteiger partial charge in [0, 0.05) is 24.5 Å². The van der Waals surface area contributed by atoms with Crippen LogP contribution in [0.15, 0.2) is 42.5 Å². The first-order chi connectivity index (χ1) is 11.1. The van der Waals surface area contributed by atoms with Crippen LogP contribution in [0.1, 0.15) is 12.0 Å². The van der Waals surface area contributed by atoms with Gasteiger partial charge < -0.3 is 15.4 Å². The summed E-state index contributed by atoms with van der Waals surface area (Å²) >= 11 is 12.0. The van der Waals surface area contributed by atoms with E-state index in [1.165, 1.54) is 0 Å². The first-order valence-electron chi connectivity index (χ1n) is 7.17. The molecular weight excluding hydrogens is 335 g/mol. The van der Waals surface area contributed by atoms with Crippen molar-refractivity contribution in [2.45, 2.75) is 13.0 Å². The molecule has 6 heteroatoms. The molecule has 0 spiro atoms. The number of anilines is 1. The average molecular weight is 353 g/mol. The summed E-state index contributed by atoms with van der Waals surface area (Å²) in [6.45, 7) is 0.968. The maximum Gasteiger partial charge on any atom is 0.222 e. The van der Waals surface area contributed by atoms with Crippen molar-refractivity contribution < 1.29 is 9.53 Å². The van der Waals surface area contributed by atoms with E-state index in [9.17, 15) is 4.79 Å². The minimum absolute atomic E-state index is 0.0357. The van der Waals surface area contributed by atoms with Crippen molar-refractivity contribution in [3.05, 3.63) is 58.1 Å². The molecule has 2 rings (SSSR count). The molecule has 0 aliphatic rings. The summed E-state index contributed by atoms with van der Waals surface area (Å²) in [5.74, 6) is 0.758. The lowest BCUT2D eigenvalue weighted by Gasteiger charge is -2.09. The number of carbonyl (C=O) groups excluding carboxylic acids is 1. The van der Waals surface area contributed by atoms with E-state index in [-0.39, 0.29) is 5.91 Å². The minimum Gasteiger partial charge on any atom is -0.497 e. The van der Waals surface area contributed by atoms with Gasteiger partial charge in [-0.2, -0.15) is 0 Å². The van der Waals surface area contributed by atoms with E-state index in [4.69, 9.17) is 27.9 Å². The zero-order valence-corrected chi connectivity index (χ0v) is 14.2. The molecule has 0 unspecified atom stereocenters. The SMILES string of the molecule is COc1ccc(CNC(=O)CCNc2cc(Cl)ccc2Cl)cc1. The summed E-state index contributed by atoms with van der Waals surface area (Å²) in [7, 11) is 1.62. The van der Waals surface area contributed by atoms with Crippen LogP contribution in [0.3, 0.4) is 0 Å². The van der Waals surface area contributed by atoms with Crippen molar-refractivity contribution >= 4 is 34.8 Å². The predicted octanol–water partition coefficient (Wildman–Crippen LogP) is 4.12. The highest BCUT2D eigenvalue weighted by Crippen LogP contribution is 2.25. The van der Waals surface area contributed by atoms with Gasteiger partial charge in [-0.05, 0) is 35.9 Å². The van der Waals surface area contributed by atoms with Gasteiger partial charge in [0.25, 0.3) is 0 Å². The van der Waals surface area contributed by atoms with Crippen LogP contribution in [0.2, 0.25) is 10.0 Å². The van der Waals surface area contributed by atoms with Crippen molar-refractivity contribution in [3.63, 3.8) is 0 Å². The van der Waals surface area contributed by atoms with Crippen molar-refractivity contribution in [2.24, 2.45) is 0 Å². The van der Waals surface area contributed by atoms with Crippen LogP contribution in [0.25, 0.3) is 0 Å². The first kappa shape index (κ1) is 17.4. The number of rotatable bonds is 7. The quantitative estimate of drug-likeness (QED) is 0.787. The third kappa shape index (κ3) is 5.66. The molecule has 0 atom stereocenters. The highest BCUT2D eigenvalue weighted by Gasteiger charge is 2.04. The number of hydrogen-bond acceptors (Lipinski definition) is 3. The van der Waals surface area contributed by atoms with Gasteiger partial charge in [0.1, 0.15) is 5.75 Å². The normalized spacial score (nSPS) is 10.2. The van der Waals surface area contributed by atoms with Gasteiger partial charge in [-0.1, -0.05) is 35.3 Å². The molecule has 23 heavy (non-hydrogen) atoms. The van der Waals surface area contributed by atoms with Crippen molar-refractivity contribution in [1.29, 1.82) is 0 Å². The molecule has 0 bridgehead atoms. The smallest absolute Gasteiger partial charge is 0.222 e. The summed E-state index contributed by atoms with van der Waals surface area (Å²) in [5.41, 5.74) is 1.74. The fraction of sp³-hybridized carbons (Fsp3) is 0.235. The lowest BCUT2D eigenvalue weighted by Crippen LogP contribution is -2.24. The number of methoxy groups -OCH3 is 1. The zero-order valence-electron chi connectivity index (χ0n) is 12.7. The Morgan fingerprint density at radius 3 is 2.57 bits per heavy atom. The van der Waals surface area contributed by atoms with Crippen molar-refractivity contribution in [2.75, 3.05) is 19.0 Å². The monoisotopic (exact) mass is 352 g/mol. The van der Waals surface area contributed by atoms with Crippen LogP contribution in [0.4, 0.5) is 5.69 Å². The molecule has 2 aromatic rings. The Balaban J connectivity index is 1.73. The van der Waals surface area contributed by atoms with Crippen LogP contribution in [-0.2, 0) is 11.3 Å². The molecule has 0 radical (unpaired) electrons. The second-order valence-electron chi connectivity index (χ2n) is 4.93. The van der Waals surface area contributed by atoms with E-state index >= 15 is 0 Å². The molecule has 0 aromatic heterocycles. The molecule has 2 aromatic carbocycles. The first-order valence-corrected chi connectivity index (χ1v) is 7.92. The standard InChI is InChI=1S/C17H18Cl2N2O2/c1-23-14-5-2-12(3-6-14)11-21-17(22)8-9-20-16-10-13(18)4-7-15(16)19/h2-7,10,20H,8-9,11H2,1H3,(H,21,22). The third-order valence-corrected chi connectivity index (χ3v) is 3.81. The predicted molar refractivity (Wildman–Crippen MR) is 94.4 cm³/mol. The summed E-state index contributed by atoms with van der Waals surface area (Å²) in [4.78, 5) is 11.8. The van der Waals surface area contributed by atoms with E-state index in [1.807, 2.05) is 24.3 Å². The number of nitrogens with one attached hydrogen (secondary N) is 2. The van der Waals surface area contributed by atoms with Gasteiger partial charge in [0.05, 0.1) is 17.8 Å². The van der Waals surface area contributed by atoms with Gasteiger partial charge in [-0.15, -0.1) is 0 Å². The van der Waals surface area contributed by atoms with Gasteiger partial charge in [-0.3, -0.25) is 4.79 Å². The van der Waals surface area contributed by atoms with Gasteiger partial charge >= 0.3 is 0 Å². The number of benzene rings is 2. The number of ether oxygens (including phenoxy) is 1. The lowest BCUT2D eigenvalue weighted by atomic mass is 10.2. The molecule has 2 N–H and O–H groups in total. The molecule has 1 amide bonds. The molecule has 0 fully saturated rings. The Labute approximate surface area is 145 Å². The summed E-state index contributed by atoms with van der Waals surface area (Å²) < 4.78 is 5.09. The molecule has 0 saturated heterocycles. The Bertz CT molecular complexity index is 660. The fourth-order valence-corrected chi connectivity index (χ4v) is 2.33. The second-order valence-corrected chi connectivity index (χ2v) is 5.77. The average Bonchev–Trinajstić information content (AvgIpc) is 2.56. The summed E-state index contributed by atoms with van der Waals surface area (Å²) in [5, 5.41) is 7.15. The molecule has 4 nitrogen and oxygen atoms in total. The number of halogens is 2. The van der Waals surface area contributed by atoms with E-state index in [2.05, 4.69) is 10.6 Å². The van der Waals surface area contributed by atoms with Crippen LogP contribution < -0.4 is 15.4 Å². The molecular formula is C17H18Cl2N2O2. The molecule has 122 valence electrons. The van der Waals surface area contributed by atoms with Gasteiger partial charge in [-0.25, -0.2) is 0 Å². The fourth-order valence-electron chi connectivity index (χ4n) is 1.98. The highest BCUT2D eigenvalue weighted by molar-refractivity contribution is 6.35. The zero-order chi connectivity index (χ0) is 16.7. The molecule has 0 heterocycles. The number of hydrogen-bond donors (Lipinski definition) is 2. The topological polar surface area (TPSA) is 50.4 Å². The summed E-state index contributed by atoms with van der Waals surface area (Å²) in [6.07, 6.45) is 0.346. The van der Waals surface area contributed by atoms with Crippen LogP contribution in [-0.4, -0.2) is 19.6 Å². The molecule has 0 aliphatic heterocycles. The van der Waals surface area contributed by atoms with Crippen molar-refractivity contribution in [3.8, 4) is 5.75 Å². The maximum absolute atomic E-state index is 11.8. The molecule has 0 saturated carbocycles. The Morgan fingerprint density at radius 1 is 1.13 bits per heavy atom. The summed E-state index contributed by atoms with van der Waals surface area (Å²) in [6, 6.07) is 12.7. The Morgan fingerprint density at radius 2 is 1.87 bits per heavy atom. The van der Waals surface area contributed by atoms with Crippen LogP contribution in [0, 0.1) is 0 Å². The maximum atomic E-state index is 11.8. The minimum atomic E-state index is -0.0357. The Hall–Kier alpha value is -1.91. The third-order valence-electron chi connectivity index (χ3n) is 3.24.